The van der Waals surface area contributed by atoms with Gasteiger partial charge in [-0.2, -0.15) is 0 Å². The van der Waals surface area contributed by atoms with E-state index < -0.39 is 5.72 Å². The van der Waals surface area contributed by atoms with Crippen LogP contribution >= 0.6 is 0 Å². The number of ether oxygens (including phenoxy) is 1. The highest BCUT2D eigenvalue weighted by Crippen LogP contribution is 2.38. The topological polar surface area (TPSA) is 29.5 Å². The molecular weight excluding hydrogens is 298 g/mol. The van der Waals surface area contributed by atoms with E-state index in [4.69, 9.17) is 4.74 Å². The fourth-order valence-corrected chi connectivity index (χ4v) is 3.46. The fraction of sp³-hybridized carbons (Fsp3) is 0.381. The number of hydrogen-bond donors (Lipinski definition) is 0. The molecule has 0 bridgehead atoms. The average molecular weight is 323 g/mol. The van der Waals surface area contributed by atoms with Crippen LogP contribution in [0.25, 0.3) is 0 Å². The van der Waals surface area contributed by atoms with E-state index in [0.29, 0.717) is 13.0 Å². The predicted octanol–water partition coefficient (Wildman–Crippen LogP) is 4.52. The number of nitrogens with zero attached hydrogens (tertiary/aromatic N) is 1. The minimum Gasteiger partial charge on any atom is -0.354 e. The molecule has 3 rings (SSSR count). The molecule has 1 saturated heterocycles. The van der Waals surface area contributed by atoms with Gasteiger partial charge in [0.1, 0.15) is 5.72 Å². The summed E-state index contributed by atoms with van der Waals surface area (Å²) in [6, 6.07) is 20.3. The highest BCUT2D eigenvalue weighted by Gasteiger charge is 2.44. The van der Waals surface area contributed by atoms with Gasteiger partial charge in [0.05, 0.1) is 12.6 Å². The van der Waals surface area contributed by atoms with E-state index in [1.165, 1.54) is 5.56 Å². The maximum atomic E-state index is 13.1. The first kappa shape index (κ1) is 16.7. The van der Waals surface area contributed by atoms with E-state index in [1.54, 1.807) is 0 Å². The summed E-state index contributed by atoms with van der Waals surface area (Å²) in [6.07, 6.45) is 0.486. The second-order valence-corrected chi connectivity index (χ2v) is 6.96. The van der Waals surface area contributed by atoms with E-state index >= 15 is 0 Å². The van der Waals surface area contributed by atoms with Crippen molar-refractivity contribution in [3.05, 3.63) is 71.8 Å². The second-order valence-electron chi connectivity index (χ2n) is 6.96. The first-order valence-electron chi connectivity index (χ1n) is 8.55. The Bertz CT molecular complexity index is 681. The number of hydrogen-bond acceptors (Lipinski definition) is 2. The van der Waals surface area contributed by atoms with Crippen LogP contribution in [0.1, 0.15) is 50.3 Å². The zero-order valence-electron chi connectivity index (χ0n) is 14.6. The summed E-state index contributed by atoms with van der Waals surface area (Å²) >= 11 is 0. The molecule has 0 radical (unpaired) electrons. The van der Waals surface area contributed by atoms with Crippen LogP contribution in [0, 0.1) is 0 Å². The first-order valence-corrected chi connectivity index (χ1v) is 8.55. The van der Waals surface area contributed by atoms with E-state index in [9.17, 15) is 4.79 Å². The molecule has 2 aromatic carbocycles. The lowest BCUT2D eigenvalue weighted by Gasteiger charge is -2.34. The SMILES string of the molecule is C[C@@H](CC(=O)N1[C@H](c2ccccc2)COC1(C)C)c1ccccc1. The van der Waals surface area contributed by atoms with Crippen LogP contribution in [0.3, 0.4) is 0 Å². The molecule has 0 spiro atoms. The van der Waals surface area contributed by atoms with E-state index in [0.717, 1.165) is 5.56 Å². The van der Waals surface area contributed by atoms with Gasteiger partial charge in [-0.05, 0) is 30.9 Å². The van der Waals surface area contributed by atoms with E-state index in [-0.39, 0.29) is 17.9 Å². The molecule has 1 fully saturated rings. The van der Waals surface area contributed by atoms with Gasteiger partial charge >= 0.3 is 0 Å². The molecule has 0 unspecified atom stereocenters. The zero-order chi connectivity index (χ0) is 17.2. The van der Waals surface area contributed by atoms with Gasteiger partial charge in [-0.3, -0.25) is 4.79 Å². The summed E-state index contributed by atoms with van der Waals surface area (Å²) in [5.41, 5.74) is 1.75. The molecular formula is C21H25NO2. The van der Waals surface area contributed by atoms with Crippen molar-refractivity contribution in [2.75, 3.05) is 6.61 Å². The Morgan fingerprint density at radius 1 is 1.12 bits per heavy atom. The van der Waals surface area contributed by atoms with Crippen molar-refractivity contribution in [2.24, 2.45) is 0 Å². The summed E-state index contributed by atoms with van der Waals surface area (Å²) in [4.78, 5) is 15.0. The summed E-state index contributed by atoms with van der Waals surface area (Å²) in [5.74, 6) is 0.328. The molecule has 2 atom stereocenters. The van der Waals surface area contributed by atoms with Crippen molar-refractivity contribution < 1.29 is 9.53 Å². The Hall–Kier alpha value is -2.13. The Morgan fingerprint density at radius 2 is 1.71 bits per heavy atom. The second kappa shape index (κ2) is 6.78. The molecule has 3 nitrogen and oxygen atoms in total. The molecule has 3 heteroatoms. The van der Waals surface area contributed by atoms with Gasteiger partial charge in [0.25, 0.3) is 0 Å². The average Bonchev–Trinajstić information content (AvgIpc) is 2.91. The third kappa shape index (κ3) is 3.36. The molecule has 1 heterocycles. The maximum Gasteiger partial charge on any atom is 0.226 e. The molecule has 0 aromatic heterocycles. The lowest BCUT2D eigenvalue weighted by Crippen LogP contribution is -2.45. The van der Waals surface area contributed by atoms with Gasteiger partial charge < -0.3 is 9.64 Å². The van der Waals surface area contributed by atoms with Gasteiger partial charge in [-0.15, -0.1) is 0 Å². The fourth-order valence-electron chi connectivity index (χ4n) is 3.46. The van der Waals surface area contributed by atoms with E-state index in [1.807, 2.05) is 55.1 Å². The van der Waals surface area contributed by atoms with Crippen LogP contribution in [0.4, 0.5) is 0 Å². The summed E-state index contributed by atoms with van der Waals surface area (Å²) in [7, 11) is 0. The molecule has 126 valence electrons. The Morgan fingerprint density at radius 3 is 2.33 bits per heavy atom. The smallest absolute Gasteiger partial charge is 0.226 e. The highest BCUT2D eigenvalue weighted by molar-refractivity contribution is 5.78. The monoisotopic (exact) mass is 323 g/mol. The largest absolute Gasteiger partial charge is 0.354 e. The molecule has 1 aliphatic heterocycles. The lowest BCUT2D eigenvalue weighted by molar-refractivity contribution is -0.146. The van der Waals surface area contributed by atoms with Crippen LogP contribution in [0.2, 0.25) is 0 Å². The predicted molar refractivity (Wildman–Crippen MR) is 95.5 cm³/mol. The minimum atomic E-state index is -0.575. The van der Waals surface area contributed by atoms with Crippen LogP contribution < -0.4 is 0 Å². The minimum absolute atomic E-state index is 0.0170. The van der Waals surface area contributed by atoms with Crippen molar-refractivity contribution in [1.82, 2.24) is 4.90 Å². The summed E-state index contributed by atoms with van der Waals surface area (Å²) in [5, 5.41) is 0. The number of amides is 1. The first-order chi connectivity index (χ1) is 11.5. The Kier molecular flexibility index (Phi) is 4.72. The van der Waals surface area contributed by atoms with Gasteiger partial charge in [-0.1, -0.05) is 67.6 Å². The molecule has 24 heavy (non-hydrogen) atoms. The number of carbonyl (C=O) groups is 1. The molecule has 2 aromatic rings. The van der Waals surface area contributed by atoms with Crippen LogP contribution in [0.5, 0.6) is 0 Å². The van der Waals surface area contributed by atoms with Gasteiger partial charge in [-0.25, -0.2) is 0 Å². The normalized spacial score (nSPS) is 20.8. The molecule has 0 aliphatic carbocycles. The van der Waals surface area contributed by atoms with Crippen molar-refractivity contribution in [3.63, 3.8) is 0 Å². The van der Waals surface area contributed by atoms with Crippen molar-refractivity contribution in [2.45, 2.75) is 44.9 Å². The van der Waals surface area contributed by atoms with Gasteiger partial charge in [0.15, 0.2) is 0 Å². The van der Waals surface area contributed by atoms with Crippen molar-refractivity contribution in [1.29, 1.82) is 0 Å². The standard InChI is InChI=1S/C21H25NO2/c1-16(17-10-6-4-7-11-17)14-20(23)22-19(15-24-21(22,2)3)18-12-8-5-9-13-18/h4-13,16,19H,14-15H2,1-3H3/t16-,19-/m0/s1. The highest BCUT2D eigenvalue weighted by atomic mass is 16.5. The van der Waals surface area contributed by atoms with E-state index in [2.05, 4.69) is 31.2 Å². The Balaban J connectivity index is 1.80. The quantitative estimate of drug-likeness (QED) is 0.828. The maximum absolute atomic E-state index is 13.1. The summed E-state index contributed by atoms with van der Waals surface area (Å²) in [6.45, 7) is 6.60. The number of carbonyl (C=O) groups excluding carboxylic acids is 1. The van der Waals surface area contributed by atoms with Crippen molar-refractivity contribution in [3.8, 4) is 0 Å². The van der Waals surface area contributed by atoms with Gasteiger partial charge in [0, 0.05) is 6.42 Å². The van der Waals surface area contributed by atoms with Gasteiger partial charge in [0.2, 0.25) is 5.91 Å². The molecule has 1 aliphatic rings. The molecule has 0 N–H and O–H groups in total. The Labute approximate surface area is 144 Å². The number of rotatable bonds is 4. The van der Waals surface area contributed by atoms with Crippen LogP contribution in [-0.4, -0.2) is 23.1 Å². The van der Waals surface area contributed by atoms with Crippen LogP contribution in [0.15, 0.2) is 60.7 Å². The zero-order valence-corrected chi connectivity index (χ0v) is 14.6. The van der Waals surface area contributed by atoms with Crippen LogP contribution in [-0.2, 0) is 9.53 Å². The molecule has 0 saturated carbocycles. The lowest BCUT2D eigenvalue weighted by atomic mass is 9.96. The summed E-state index contributed by atoms with van der Waals surface area (Å²) < 4.78 is 5.93. The third-order valence-electron chi connectivity index (χ3n) is 4.79. The molecule has 1 amide bonds. The van der Waals surface area contributed by atoms with Crippen molar-refractivity contribution >= 4 is 5.91 Å². The number of benzene rings is 2. The third-order valence-corrected chi connectivity index (χ3v) is 4.79.